The van der Waals surface area contributed by atoms with Crippen molar-refractivity contribution < 1.29 is 13.5 Å². The van der Waals surface area contributed by atoms with E-state index in [0.29, 0.717) is 22.5 Å². The van der Waals surface area contributed by atoms with Crippen molar-refractivity contribution in [2.45, 2.75) is 12.5 Å². The van der Waals surface area contributed by atoms with Gasteiger partial charge in [0.25, 0.3) is 0 Å². The number of rotatable bonds is 3. The van der Waals surface area contributed by atoms with Gasteiger partial charge in [0.1, 0.15) is 23.5 Å². The van der Waals surface area contributed by atoms with Crippen molar-refractivity contribution >= 4 is 33.2 Å². The van der Waals surface area contributed by atoms with Gasteiger partial charge in [0.15, 0.2) is 0 Å². The van der Waals surface area contributed by atoms with E-state index in [2.05, 4.69) is 21.2 Å². The summed E-state index contributed by atoms with van der Waals surface area (Å²) in [7, 11) is 0. The highest BCUT2D eigenvalue weighted by Crippen LogP contribution is 2.32. The Bertz CT molecular complexity index is 672. The molecule has 1 atom stereocenters. The van der Waals surface area contributed by atoms with Crippen molar-refractivity contribution in [2.24, 2.45) is 0 Å². The Kier molecular flexibility index (Phi) is 4.04. The van der Waals surface area contributed by atoms with Gasteiger partial charge in [0.2, 0.25) is 0 Å². The standard InChI is InChI=1S/C15H11BrClF2NO/c16-12-5-10(18)6-13(19)15(12)20-7-11-4-8-3-9(17)1-2-14(8)21-11/h1-3,5-6,11,20H,4,7H2. The lowest BCUT2D eigenvalue weighted by Crippen LogP contribution is -2.24. The molecule has 1 N–H and O–H groups in total. The molecule has 6 heteroatoms. The van der Waals surface area contributed by atoms with Crippen LogP contribution in [0.5, 0.6) is 5.75 Å². The highest BCUT2D eigenvalue weighted by atomic mass is 79.9. The zero-order valence-corrected chi connectivity index (χ0v) is 13.1. The zero-order chi connectivity index (χ0) is 15.0. The molecule has 1 aliphatic rings. The van der Waals surface area contributed by atoms with Gasteiger partial charge in [0.05, 0.1) is 12.2 Å². The number of ether oxygens (including phenoxy) is 1. The Morgan fingerprint density at radius 1 is 1.29 bits per heavy atom. The van der Waals surface area contributed by atoms with E-state index in [1.165, 1.54) is 6.07 Å². The molecule has 21 heavy (non-hydrogen) atoms. The first kappa shape index (κ1) is 14.6. The van der Waals surface area contributed by atoms with E-state index in [4.69, 9.17) is 16.3 Å². The van der Waals surface area contributed by atoms with Crippen molar-refractivity contribution in [3.63, 3.8) is 0 Å². The summed E-state index contributed by atoms with van der Waals surface area (Å²) >= 11 is 9.08. The van der Waals surface area contributed by atoms with Crippen LogP contribution in [0.2, 0.25) is 5.02 Å². The van der Waals surface area contributed by atoms with Crippen LogP contribution in [-0.4, -0.2) is 12.6 Å². The van der Waals surface area contributed by atoms with Crippen LogP contribution in [0.1, 0.15) is 5.56 Å². The summed E-state index contributed by atoms with van der Waals surface area (Å²) in [4.78, 5) is 0. The van der Waals surface area contributed by atoms with Crippen molar-refractivity contribution in [1.82, 2.24) is 0 Å². The summed E-state index contributed by atoms with van der Waals surface area (Å²) in [6.45, 7) is 0.410. The van der Waals surface area contributed by atoms with Gasteiger partial charge >= 0.3 is 0 Å². The Labute approximate surface area is 134 Å². The van der Waals surface area contributed by atoms with Crippen LogP contribution in [0.3, 0.4) is 0 Å². The Morgan fingerprint density at radius 3 is 2.86 bits per heavy atom. The Morgan fingerprint density at radius 2 is 2.10 bits per heavy atom. The monoisotopic (exact) mass is 373 g/mol. The number of anilines is 1. The summed E-state index contributed by atoms with van der Waals surface area (Å²) < 4.78 is 32.8. The van der Waals surface area contributed by atoms with Gasteiger partial charge in [-0.25, -0.2) is 8.78 Å². The fraction of sp³-hybridized carbons (Fsp3) is 0.200. The molecule has 0 spiro atoms. The SMILES string of the molecule is Fc1cc(F)c(NCC2Cc3cc(Cl)ccc3O2)c(Br)c1. The summed E-state index contributed by atoms with van der Waals surface area (Å²) in [6, 6.07) is 7.52. The smallest absolute Gasteiger partial charge is 0.150 e. The minimum Gasteiger partial charge on any atom is -0.488 e. The predicted octanol–water partition coefficient (Wildman–Crippen LogP) is 4.80. The van der Waals surface area contributed by atoms with Crippen molar-refractivity contribution in [3.8, 4) is 5.75 Å². The lowest BCUT2D eigenvalue weighted by molar-refractivity contribution is 0.246. The van der Waals surface area contributed by atoms with Crippen LogP contribution < -0.4 is 10.1 Å². The molecule has 1 unspecified atom stereocenters. The molecule has 0 saturated heterocycles. The molecule has 0 bridgehead atoms. The fourth-order valence-electron chi connectivity index (χ4n) is 2.33. The summed E-state index contributed by atoms with van der Waals surface area (Å²) in [5, 5.41) is 3.62. The van der Waals surface area contributed by atoms with Gasteiger partial charge in [0, 0.05) is 22.0 Å². The molecule has 1 heterocycles. The molecule has 0 fully saturated rings. The average Bonchev–Trinajstić information content (AvgIpc) is 2.79. The molecule has 2 aromatic rings. The molecular weight excluding hydrogens is 364 g/mol. The summed E-state index contributed by atoms with van der Waals surface area (Å²) in [5.74, 6) is -0.464. The zero-order valence-electron chi connectivity index (χ0n) is 10.8. The minimum atomic E-state index is -0.638. The summed E-state index contributed by atoms with van der Waals surface area (Å²) in [5.41, 5.74) is 1.27. The minimum absolute atomic E-state index is 0.116. The molecule has 3 rings (SSSR count). The normalized spacial score (nSPS) is 16.5. The number of fused-ring (bicyclic) bond motifs is 1. The van der Waals surface area contributed by atoms with Crippen LogP contribution in [0.15, 0.2) is 34.8 Å². The Balaban J connectivity index is 1.68. The molecule has 110 valence electrons. The molecular formula is C15H11BrClF2NO. The Hall–Kier alpha value is -1.33. The number of halogens is 4. The van der Waals surface area contributed by atoms with E-state index in [1.54, 1.807) is 6.07 Å². The van der Waals surface area contributed by atoms with E-state index in [-0.39, 0.29) is 11.8 Å². The first-order valence-corrected chi connectivity index (χ1v) is 7.53. The van der Waals surface area contributed by atoms with E-state index in [9.17, 15) is 8.78 Å². The second kappa shape index (κ2) is 5.81. The predicted molar refractivity (Wildman–Crippen MR) is 82.1 cm³/mol. The van der Waals surface area contributed by atoms with Crippen molar-refractivity contribution in [2.75, 3.05) is 11.9 Å². The third kappa shape index (κ3) is 3.14. The van der Waals surface area contributed by atoms with Gasteiger partial charge in [-0.05, 0) is 45.8 Å². The van der Waals surface area contributed by atoms with Gasteiger partial charge < -0.3 is 10.1 Å². The maximum Gasteiger partial charge on any atom is 0.150 e. The molecule has 0 saturated carbocycles. The molecule has 2 aromatic carbocycles. The number of nitrogens with one attached hydrogen (secondary N) is 1. The van der Waals surface area contributed by atoms with Gasteiger partial charge in [-0.2, -0.15) is 0 Å². The molecule has 0 radical (unpaired) electrons. The summed E-state index contributed by atoms with van der Waals surface area (Å²) in [6.07, 6.45) is 0.582. The van der Waals surface area contributed by atoms with E-state index in [1.807, 2.05) is 12.1 Å². The highest BCUT2D eigenvalue weighted by molar-refractivity contribution is 9.10. The fourth-order valence-corrected chi connectivity index (χ4v) is 3.07. The number of hydrogen-bond acceptors (Lipinski definition) is 2. The maximum absolute atomic E-state index is 13.7. The lowest BCUT2D eigenvalue weighted by atomic mass is 10.1. The molecule has 0 amide bonds. The average molecular weight is 375 g/mol. The van der Waals surface area contributed by atoms with Gasteiger partial charge in [-0.1, -0.05) is 11.6 Å². The van der Waals surface area contributed by atoms with E-state index >= 15 is 0 Å². The second-order valence-corrected chi connectivity index (χ2v) is 6.11. The third-order valence-electron chi connectivity index (χ3n) is 3.28. The quantitative estimate of drug-likeness (QED) is 0.833. The lowest BCUT2D eigenvalue weighted by Gasteiger charge is -2.14. The van der Waals surface area contributed by atoms with Gasteiger partial charge in [-0.3, -0.25) is 0 Å². The molecule has 1 aliphatic heterocycles. The van der Waals surface area contributed by atoms with Crippen LogP contribution in [-0.2, 0) is 6.42 Å². The topological polar surface area (TPSA) is 21.3 Å². The molecule has 0 aliphatic carbocycles. The number of hydrogen-bond donors (Lipinski definition) is 1. The van der Waals surface area contributed by atoms with Crippen LogP contribution >= 0.6 is 27.5 Å². The van der Waals surface area contributed by atoms with Gasteiger partial charge in [-0.15, -0.1) is 0 Å². The van der Waals surface area contributed by atoms with Crippen LogP contribution in [0, 0.1) is 11.6 Å². The van der Waals surface area contributed by atoms with Crippen molar-refractivity contribution in [1.29, 1.82) is 0 Å². The van der Waals surface area contributed by atoms with E-state index < -0.39 is 11.6 Å². The van der Waals surface area contributed by atoms with Crippen molar-refractivity contribution in [3.05, 3.63) is 57.0 Å². The molecule has 2 nitrogen and oxygen atoms in total. The van der Waals surface area contributed by atoms with E-state index in [0.717, 1.165) is 17.4 Å². The third-order valence-corrected chi connectivity index (χ3v) is 4.14. The number of benzene rings is 2. The molecule has 0 aromatic heterocycles. The maximum atomic E-state index is 13.7. The largest absolute Gasteiger partial charge is 0.488 e. The first-order chi connectivity index (χ1) is 10.0. The first-order valence-electron chi connectivity index (χ1n) is 6.36. The van der Waals surface area contributed by atoms with Crippen LogP contribution in [0.4, 0.5) is 14.5 Å². The highest BCUT2D eigenvalue weighted by Gasteiger charge is 2.23. The van der Waals surface area contributed by atoms with Crippen LogP contribution in [0.25, 0.3) is 0 Å². The second-order valence-electron chi connectivity index (χ2n) is 4.82.